The molecular formula is C38H50N3O9S2+. The van der Waals surface area contributed by atoms with Gasteiger partial charge in [-0.15, -0.1) is 4.33 Å². The number of hydrogen-bond donors (Lipinski definition) is 4. The third-order valence-corrected chi connectivity index (χ3v) is 11.2. The number of amides is 1. The summed E-state index contributed by atoms with van der Waals surface area (Å²) in [4.78, 5) is 25.5. The minimum Gasteiger partial charge on any atom is -0.481 e. The quantitative estimate of drug-likeness (QED) is 0.0214. The molecule has 14 heteroatoms. The number of unbranched alkanes of at least 4 members (excludes halogenated alkanes) is 4. The van der Waals surface area contributed by atoms with Gasteiger partial charge in [-0.2, -0.15) is 13.0 Å². The fourth-order valence-corrected chi connectivity index (χ4v) is 7.90. The number of carbonyl (C=O) groups is 2. The first-order chi connectivity index (χ1) is 24.6. The van der Waals surface area contributed by atoms with Gasteiger partial charge in [-0.1, -0.05) is 43.5 Å². The van der Waals surface area contributed by atoms with E-state index < -0.39 is 21.5 Å². The minimum atomic E-state index is -4.38. The molecule has 0 spiro atoms. The van der Waals surface area contributed by atoms with Crippen molar-refractivity contribution in [3.63, 3.8) is 0 Å². The molecule has 0 fully saturated rings. The van der Waals surface area contributed by atoms with E-state index in [9.17, 15) is 22.6 Å². The summed E-state index contributed by atoms with van der Waals surface area (Å²) in [6, 6.07) is 10.6. The lowest BCUT2D eigenvalue weighted by molar-refractivity contribution is -0.438. The van der Waals surface area contributed by atoms with Crippen molar-refractivity contribution in [3.8, 4) is 0 Å². The van der Waals surface area contributed by atoms with Gasteiger partial charge in [-0.05, 0) is 81.5 Å². The third kappa shape index (κ3) is 9.79. The number of carboxylic acid groups (broad SMARTS) is 1. The Morgan fingerprint density at radius 1 is 0.923 bits per heavy atom. The monoisotopic (exact) mass is 756 g/mol. The van der Waals surface area contributed by atoms with Crippen molar-refractivity contribution in [1.82, 2.24) is 5.32 Å². The summed E-state index contributed by atoms with van der Waals surface area (Å²) in [6.07, 6.45) is 15.3. The number of hydrogen-bond acceptors (Lipinski definition) is 9. The van der Waals surface area contributed by atoms with Crippen LogP contribution in [0.1, 0.15) is 90.2 Å². The lowest BCUT2D eigenvalue weighted by Gasteiger charge is -2.27. The van der Waals surface area contributed by atoms with E-state index in [4.69, 9.17) is 10.4 Å². The van der Waals surface area contributed by atoms with Gasteiger partial charge < -0.3 is 15.3 Å². The van der Waals surface area contributed by atoms with Crippen LogP contribution in [0.4, 0.5) is 11.4 Å². The smallest absolute Gasteiger partial charge is 0.303 e. The molecule has 282 valence electrons. The third-order valence-electron chi connectivity index (χ3n) is 9.75. The number of rotatable bonds is 19. The van der Waals surface area contributed by atoms with Gasteiger partial charge in [0.15, 0.2) is 5.71 Å². The summed E-state index contributed by atoms with van der Waals surface area (Å²) < 4.78 is 40.8. The number of benzene rings is 2. The highest BCUT2D eigenvalue weighted by Gasteiger charge is 2.44. The molecule has 52 heavy (non-hydrogen) atoms. The molecule has 0 saturated carbocycles. The summed E-state index contributed by atoms with van der Waals surface area (Å²) >= 11 is 0.906. The number of carboxylic acids is 1. The predicted molar refractivity (Wildman–Crippen MR) is 202 cm³/mol. The van der Waals surface area contributed by atoms with Gasteiger partial charge in [0.1, 0.15) is 6.54 Å². The summed E-state index contributed by atoms with van der Waals surface area (Å²) in [5.74, 6) is -0.782. The minimum absolute atomic E-state index is 0.0116. The molecule has 2 heterocycles. The Morgan fingerprint density at radius 2 is 1.65 bits per heavy atom. The van der Waals surface area contributed by atoms with Crippen LogP contribution in [-0.2, 0) is 39.9 Å². The van der Waals surface area contributed by atoms with Crippen molar-refractivity contribution in [3.05, 3.63) is 83.6 Å². The Morgan fingerprint density at radius 3 is 2.35 bits per heavy atom. The molecule has 2 aromatic rings. The van der Waals surface area contributed by atoms with Gasteiger partial charge in [0.05, 0.1) is 22.4 Å². The average molecular weight is 757 g/mol. The zero-order chi connectivity index (χ0) is 38.1. The standard InChI is InChI=1S/C38H49N3O9S2/c1-37(2)29-25-27(51-50-49-45)19-21-31(29)40(24-14-8-12-18-36(43)44)33(37)15-9-6-10-16-34-38(3,4)30-26-28(52(46,47)48)20-22-32(30)41(34)23-13-7-11-17-35(42)39-5/h6,9-10,15-16,19-22,25-26H,7-8,11-14,17-18,23-24H2,1-5H3,(H3-,39,42,43,44,45,46,47,48)/p+1. The van der Waals surface area contributed by atoms with Crippen LogP contribution in [0.2, 0.25) is 0 Å². The Hall–Kier alpha value is -3.79. The molecule has 0 aromatic heterocycles. The van der Waals surface area contributed by atoms with E-state index in [0.29, 0.717) is 25.9 Å². The fourth-order valence-electron chi connectivity index (χ4n) is 7.00. The van der Waals surface area contributed by atoms with Crippen molar-refractivity contribution >= 4 is 51.1 Å². The van der Waals surface area contributed by atoms with Gasteiger partial charge in [-0.25, -0.2) is 5.26 Å². The first-order valence-corrected chi connectivity index (χ1v) is 19.6. The van der Waals surface area contributed by atoms with E-state index in [1.54, 1.807) is 19.2 Å². The van der Waals surface area contributed by atoms with Crippen molar-refractivity contribution in [2.75, 3.05) is 25.0 Å². The van der Waals surface area contributed by atoms with E-state index in [2.05, 4.69) is 44.1 Å². The van der Waals surface area contributed by atoms with Crippen molar-refractivity contribution < 1.29 is 46.9 Å². The highest BCUT2D eigenvalue weighted by molar-refractivity contribution is 7.94. The number of nitrogens with one attached hydrogen (secondary N) is 1. The number of nitrogens with zero attached hydrogens (tertiary/aromatic N) is 2. The highest BCUT2D eigenvalue weighted by Crippen LogP contribution is 2.48. The zero-order valence-electron chi connectivity index (χ0n) is 30.4. The van der Waals surface area contributed by atoms with Gasteiger partial charge in [0.25, 0.3) is 10.1 Å². The van der Waals surface area contributed by atoms with Gasteiger partial charge in [-0.3, -0.25) is 14.1 Å². The number of carbonyl (C=O) groups excluding carboxylic acids is 1. The lowest BCUT2D eigenvalue weighted by atomic mass is 9.81. The second-order valence-corrected chi connectivity index (χ2v) is 16.2. The van der Waals surface area contributed by atoms with Crippen LogP contribution in [0.3, 0.4) is 0 Å². The predicted octanol–water partition coefficient (Wildman–Crippen LogP) is 7.48. The molecule has 2 aliphatic rings. The molecule has 2 aliphatic heterocycles. The number of anilines is 1. The Bertz CT molecular complexity index is 1860. The summed E-state index contributed by atoms with van der Waals surface area (Å²) in [5, 5.41) is 24.2. The number of fused-ring (bicyclic) bond motifs is 2. The van der Waals surface area contributed by atoms with Crippen LogP contribution in [0.25, 0.3) is 0 Å². The van der Waals surface area contributed by atoms with Crippen LogP contribution in [0.5, 0.6) is 0 Å². The maximum Gasteiger partial charge on any atom is 0.303 e. The Kier molecular flexibility index (Phi) is 14.0. The van der Waals surface area contributed by atoms with Crippen LogP contribution >= 0.6 is 12.0 Å². The van der Waals surface area contributed by atoms with Gasteiger partial charge in [0.2, 0.25) is 11.6 Å². The molecule has 0 radical (unpaired) electrons. The second-order valence-electron chi connectivity index (χ2n) is 14.0. The maximum atomic E-state index is 12.0. The van der Waals surface area contributed by atoms with Gasteiger partial charge >= 0.3 is 5.97 Å². The highest BCUT2D eigenvalue weighted by atomic mass is 32.2. The van der Waals surface area contributed by atoms with E-state index in [-0.39, 0.29) is 22.6 Å². The first-order valence-electron chi connectivity index (χ1n) is 17.4. The van der Waals surface area contributed by atoms with Crippen molar-refractivity contribution in [2.45, 2.75) is 99.7 Å². The molecule has 4 N–H and O–H groups in total. The molecule has 12 nitrogen and oxygen atoms in total. The Balaban J connectivity index is 1.62. The summed E-state index contributed by atoms with van der Waals surface area (Å²) in [5.41, 5.74) is 4.92. The molecule has 0 atom stereocenters. The van der Waals surface area contributed by atoms with Crippen molar-refractivity contribution in [2.24, 2.45) is 0 Å². The second kappa shape index (κ2) is 17.8. The van der Waals surface area contributed by atoms with Crippen LogP contribution in [0, 0.1) is 0 Å². The molecule has 0 bridgehead atoms. The number of allylic oxidation sites excluding steroid dienone is 6. The van der Waals surface area contributed by atoms with Gasteiger partial charge in [0, 0.05) is 72.3 Å². The normalized spacial score (nSPS) is 17.1. The maximum absolute atomic E-state index is 12.0. The first kappa shape index (κ1) is 41.0. The zero-order valence-corrected chi connectivity index (χ0v) is 32.1. The largest absolute Gasteiger partial charge is 0.481 e. The topological polar surface area (TPSA) is 166 Å². The van der Waals surface area contributed by atoms with Crippen LogP contribution in [0.15, 0.2) is 82.3 Å². The van der Waals surface area contributed by atoms with E-state index >= 15 is 0 Å². The van der Waals surface area contributed by atoms with E-state index in [1.165, 1.54) is 6.07 Å². The Labute approximate surface area is 310 Å². The molecular weight excluding hydrogens is 707 g/mol. The molecule has 2 aromatic carbocycles. The molecule has 1 amide bonds. The summed E-state index contributed by atoms with van der Waals surface area (Å²) in [6.45, 7) is 9.74. The molecule has 0 aliphatic carbocycles. The average Bonchev–Trinajstić information content (AvgIpc) is 3.43. The van der Waals surface area contributed by atoms with E-state index in [1.807, 2.05) is 56.4 Å². The van der Waals surface area contributed by atoms with E-state index in [0.717, 1.165) is 83.0 Å². The molecule has 0 saturated heterocycles. The van der Waals surface area contributed by atoms with Crippen LogP contribution in [-0.4, -0.2) is 65.6 Å². The summed E-state index contributed by atoms with van der Waals surface area (Å²) in [7, 11) is -2.75. The number of aliphatic carboxylic acids is 1. The molecule has 4 rings (SSSR count). The SMILES string of the molecule is CNC(=O)CCCCCN1C(=CC=CC=CC2=[N+](CCCCCC(=O)O)c3ccc(SOOO)cc3C2(C)C)C(C)(C)c2cc(S(=O)(=O)O)ccc21. The lowest BCUT2D eigenvalue weighted by Crippen LogP contribution is -2.28. The fraction of sp³-hybridized carbons (Fsp3) is 0.447. The van der Waals surface area contributed by atoms with Crippen molar-refractivity contribution in [1.29, 1.82) is 0 Å². The molecule has 0 unspecified atom stereocenters. The van der Waals surface area contributed by atoms with Crippen LogP contribution < -0.4 is 10.2 Å².